The first-order valence-corrected chi connectivity index (χ1v) is 21.3. The summed E-state index contributed by atoms with van der Waals surface area (Å²) in [7, 11) is 1.23. The molecule has 65 heavy (non-hydrogen) atoms. The summed E-state index contributed by atoms with van der Waals surface area (Å²) in [6.07, 6.45) is 3.23. The van der Waals surface area contributed by atoms with Gasteiger partial charge >= 0.3 is 0 Å². The number of rotatable bonds is 17. The predicted molar refractivity (Wildman–Crippen MR) is 230 cm³/mol. The number of nitrogens with zero attached hydrogens (tertiary/aromatic N) is 7. The molecule has 0 aliphatic carbocycles. The van der Waals surface area contributed by atoms with Crippen molar-refractivity contribution in [2.75, 3.05) is 48.8 Å². The third-order valence-corrected chi connectivity index (χ3v) is 12.1. The number of aliphatic hydroxyl groups is 1. The summed E-state index contributed by atoms with van der Waals surface area (Å²) in [4.78, 5) is 71.3. The van der Waals surface area contributed by atoms with E-state index in [-0.39, 0.29) is 60.5 Å². The van der Waals surface area contributed by atoms with Crippen LogP contribution in [0.3, 0.4) is 0 Å². The van der Waals surface area contributed by atoms with Gasteiger partial charge in [-0.3, -0.25) is 34.4 Å². The maximum atomic E-state index is 15.3. The zero-order chi connectivity index (χ0) is 46.0. The van der Waals surface area contributed by atoms with Gasteiger partial charge in [0, 0.05) is 49.9 Å². The Hall–Kier alpha value is -6.74. The highest BCUT2D eigenvalue weighted by molar-refractivity contribution is 6.25. The van der Waals surface area contributed by atoms with Crippen LogP contribution in [0.25, 0.3) is 22.4 Å². The molecule has 0 bridgehead atoms. The first-order valence-electron chi connectivity index (χ1n) is 21.3. The molecular formula is C44H47F4N11O6. The normalized spacial score (nSPS) is 19.2. The van der Waals surface area contributed by atoms with Crippen LogP contribution in [0.4, 0.5) is 34.8 Å². The number of fused-ring (bicyclic) bond motifs is 2. The Labute approximate surface area is 369 Å². The maximum absolute atomic E-state index is 15.3. The van der Waals surface area contributed by atoms with Crippen molar-refractivity contribution >= 4 is 52.0 Å². The highest BCUT2D eigenvalue weighted by atomic mass is 19.3. The number of alkyl halides is 2. The van der Waals surface area contributed by atoms with Crippen LogP contribution < -0.4 is 31.3 Å². The summed E-state index contributed by atoms with van der Waals surface area (Å²) in [5, 5.41) is 19.2. The number of imide groups is 2. The number of methoxy groups -OCH3 is 1. The van der Waals surface area contributed by atoms with Crippen molar-refractivity contribution in [1.82, 2.24) is 34.7 Å². The lowest BCUT2D eigenvalue weighted by molar-refractivity contribution is -0.136. The molecule has 0 saturated carbocycles. The van der Waals surface area contributed by atoms with Crippen LogP contribution >= 0.6 is 0 Å². The van der Waals surface area contributed by atoms with E-state index in [2.05, 4.69) is 35.9 Å². The Bertz CT molecular complexity index is 2650. The molecular weight excluding hydrogens is 855 g/mol. The van der Waals surface area contributed by atoms with Gasteiger partial charge < -0.3 is 35.7 Å². The molecule has 0 radical (unpaired) electrons. The van der Waals surface area contributed by atoms with Crippen molar-refractivity contribution < 1.29 is 46.6 Å². The third kappa shape index (κ3) is 9.02. The first kappa shape index (κ1) is 44.9. The van der Waals surface area contributed by atoms with Crippen LogP contribution in [0.2, 0.25) is 0 Å². The number of hydrogen-bond acceptors (Lipinski definition) is 14. The van der Waals surface area contributed by atoms with Gasteiger partial charge in [0.15, 0.2) is 23.0 Å². The molecule has 2 saturated heterocycles. The molecule has 3 aliphatic heterocycles. The number of carbonyl (C=O) groups excluding carboxylic acids is 4. The van der Waals surface area contributed by atoms with E-state index >= 15 is 4.39 Å². The van der Waals surface area contributed by atoms with Crippen LogP contribution in [-0.4, -0.2) is 116 Å². The van der Waals surface area contributed by atoms with Crippen molar-refractivity contribution in [3.63, 3.8) is 0 Å². The smallest absolute Gasteiger partial charge is 0.265 e. The topological polar surface area (TPSA) is 223 Å². The number of benzene rings is 2. The number of aromatic nitrogens is 5. The number of nitrogens with two attached hydrogens (primary N) is 1. The van der Waals surface area contributed by atoms with Gasteiger partial charge in [0.1, 0.15) is 29.8 Å². The van der Waals surface area contributed by atoms with Crippen LogP contribution in [0, 0.1) is 11.6 Å². The largest absolute Gasteiger partial charge is 0.494 e. The number of hydrogen-bond donors (Lipinski definition) is 5. The Kier molecular flexibility index (Phi) is 13.0. The van der Waals surface area contributed by atoms with E-state index in [1.807, 2.05) is 0 Å². The lowest BCUT2D eigenvalue weighted by atomic mass is 9.84. The third-order valence-electron chi connectivity index (χ3n) is 12.1. The number of carbonyl (C=O) groups is 4. The predicted octanol–water partition coefficient (Wildman–Crippen LogP) is 4.63. The molecule has 0 spiro atoms. The highest BCUT2D eigenvalue weighted by Crippen LogP contribution is 2.36. The Morgan fingerprint density at radius 1 is 0.969 bits per heavy atom. The number of imidazole rings is 1. The molecule has 342 valence electrons. The summed E-state index contributed by atoms with van der Waals surface area (Å²) in [6.45, 7) is 1.50. The van der Waals surface area contributed by atoms with Gasteiger partial charge in [0.25, 0.3) is 18.2 Å². The average molecular weight is 902 g/mol. The van der Waals surface area contributed by atoms with E-state index in [9.17, 15) is 37.5 Å². The lowest BCUT2D eigenvalue weighted by Gasteiger charge is -2.44. The SMILES string of the molecule is COc1cc(F)c(-c2cc(Cn3cnc4c(NCCCCCCNc5cccc6c5C(=O)N(C5CCC(=O)NC5=O)C6=O)ncnc43)c(N3CCC[C@](N)([C@H](O)C(F)F)C3)cn2)cc1F. The molecule has 21 heteroatoms. The van der Waals surface area contributed by atoms with E-state index in [0.29, 0.717) is 60.0 Å². The molecule has 3 aliphatic rings. The average Bonchev–Trinajstić information content (AvgIpc) is 3.82. The van der Waals surface area contributed by atoms with E-state index < -0.39 is 59.4 Å². The van der Waals surface area contributed by atoms with Gasteiger partial charge in [0.05, 0.1) is 54.2 Å². The molecule has 17 nitrogen and oxygen atoms in total. The quantitative estimate of drug-likeness (QED) is 0.0488. The molecule has 3 atom stereocenters. The molecule has 2 aromatic carbocycles. The Balaban J connectivity index is 0.904. The van der Waals surface area contributed by atoms with Crippen LogP contribution in [-0.2, 0) is 16.1 Å². The molecule has 6 N–H and O–H groups in total. The van der Waals surface area contributed by atoms with Crippen LogP contribution in [0.5, 0.6) is 5.75 Å². The number of pyridine rings is 1. The van der Waals surface area contributed by atoms with Crippen molar-refractivity contribution in [3.8, 4) is 17.0 Å². The summed E-state index contributed by atoms with van der Waals surface area (Å²) in [5.74, 6) is -3.57. The van der Waals surface area contributed by atoms with Crippen molar-refractivity contribution in [3.05, 3.63) is 83.6 Å². The summed E-state index contributed by atoms with van der Waals surface area (Å²) in [6, 6.07) is 7.41. The van der Waals surface area contributed by atoms with Gasteiger partial charge in [0.2, 0.25) is 11.8 Å². The standard InChI is InChI=1S/C44H47F4N11O6/c1-65-33-18-27(45)26(17-28(33)46)30-16-24(32(19-52-30)57-15-7-12-44(49,21-57)37(61)38(47)48)20-58-23-55-36-39(53-22-54-40(36)58)51-14-5-3-2-4-13-50-29-9-6-8-25-35(29)43(64)59(42(25)63)31-10-11-34(60)56-41(31)62/h6,8-9,16-19,22-23,31,37-38,50,61H,2-5,7,10-15,20-21,49H2,1H3,(H,51,53,54)(H,56,60,62)/t31?,37-,44-/m1/s1. The second-order valence-electron chi connectivity index (χ2n) is 16.4. The number of amides is 4. The molecule has 3 aromatic heterocycles. The van der Waals surface area contributed by atoms with Gasteiger partial charge in [-0.15, -0.1) is 0 Å². The van der Waals surface area contributed by atoms with E-state index in [1.54, 1.807) is 40.1 Å². The van der Waals surface area contributed by atoms with Gasteiger partial charge in [-0.2, -0.15) is 0 Å². The molecule has 5 aromatic rings. The fourth-order valence-electron chi connectivity index (χ4n) is 8.75. The molecule has 6 heterocycles. The number of anilines is 3. The number of halogens is 4. The van der Waals surface area contributed by atoms with Crippen molar-refractivity contribution in [2.45, 2.75) is 82.0 Å². The zero-order valence-electron chi connectivity index (χ0n) is 35.3. The van der Waals surface area contributed by atoms with E-state index in [4.69, 9.17) is 10.5 Å². The number of ether oxygens (including phenoxy) is 1. The van der Waals surface area contributed by atoms with Crippen LogP contribution in [0.15, 0.2) is 55.2 Å². The zero-order valence-corrected chi connectivity index (χ0v) is 35.3. The highest BCUT2D eigenvalue weighted by Gasteiger charge is 2.46. The number of piperidine rings is 2. The number of unbranched alkanes of at least 4 members (excludes halogenated alkanes) is 3. The minimum absolute atomic E-state index is 0.0391. The number of nitrogens with one attached hydrogen (secondary N) is 3. The van der Waals surface area contributed by atoms with E-state index in [1.165, 1.54) is 19.6 Å². The minimum atomic E-state index is -3.05. The minimum Gasteiger partial charge on any atom is -0.494 e. The Morgan fingerprint density at radius 2 is 1.75 bits per heavy atom. The van der Waals surface area contributed by atoms with E-state index in [0.717, 1.165) is 42.7 Å². The van der Waals surface area contributed by atoms with Gasteiger partial charge in [-0.05, 0) is 61.9 Å². The monoisotopic (exact) mass is 901 g/mol. The lowest BCUT2D eigenvalue weighted by Crippen LogP contribution is -2.63. The van der Waals surface area contributed by atoms with Crippen molar-refractivity contribution in [1.29, 1.82) is 0 Å². The molecule has 1 unspecified atom stereocenters. The summed E-state index contributed by atoms with van der Waals surface area (Å²) < 4.78 is 64.2. The molecule has 2 fully saturated rings. The first-order chi connectivity index (χ1) is 31.3. The second kappa shape index (κ2) is 18.8. The second-order valence-corrected chi connectivity index (χ2v) is 16.4. The van der Waals surface area contributed by atoms with Gasteiger partial charge in [-0.25, -0.2) is 32.5 Å². The summed E-state index contributed by atoms with van der Waals surface area (Å²) in [5.41, 5.74) is 7.67. The number of aliphatic hydroxyl groups excluding tert-OH is 1. The molecule has 4 amide bonds. The fourth-order valence-corrected chi connectivity index (χ4v) is 8.75. The maximum Gasteiger partial charge on any atom is 0.265 e. The van der Waals surface area contributed by atoms with Crippen LogP contribution in [0.1, 0.15) is 77.6 Å². The van der Waals surface area contributed by atoms with Crippen molar-refractivity contribution in [2.24, 2.45) is 5.73 Å². The fraction of sp³-hybridized carbons (Fsp3) is 0.409. The molecule has 8 rings (SSSR count). The van der Waals surface area contributed by atoms with Gasteiger partial charge in [-0.1, -0.05) is 18.9 Å². The Morgan fingerprint density at radius 3 is 2.51 bits per heavy atom. The summed E-state index contributed by atoms with van der Waals surface area (Å²) >= 11 is 0.